The highest BCUT2D eigenvalue weighted by atomic mass is 35.5. The standard InChI is InChI=1S/C12H18ClN3O2/c1-8(2)16(4-5-18-3)12(17)10-6-9(14)7-15-11(10)13/h6-8H,4-5,14H2,1-3H3. The van der Waals surface area contributed by atoms with Crippen LogP contribution in [0.5, 0.6) is 0 Å². The molecule has 1 heterocycles. The Hall–Kier alpha value is -1.33. The SMILES string of the molecule is COCCN(C(=O)c1cc(N)cnc1Cl)C(C)C. The molecule has 1 aromatic heterocycles. The molecule has 0 atom stereocenters. The van der Waals surface area contributed by atoms with Crippen molar-refractivity contribution < 1.29 is 9.53 Å². The zero-order valence-corrected chi connectivity index (χ0v) is 11.6. The van der Waals surface area contributed by atoms with Gasteiger partial charge in [0.2, 0.25) is 0 Å². The van der Waals surface area contributed by atoms with Gasteiger partial charge in [0.05, 0.1) is 24.1 Å². The molecule has 1 amide bonds. The molecule has 1 aromatic rings. The van der Waals surface area contributed by atoms with Crippen LogP contribution in [0.2, 0.25) is 5.15 Å². The molecular formula is C12H18ClN3O2. The Kier molecular flexibility index (Phi) is 5.37. The van der Waals surface area contributed by atoms with Gasteiger partial charge in [-0.1, -0.05) is 11.6 Å². The minimum atomic E-state index is -0.188. The molecule has 6 heteroatoms. The van der Waals surface area contributed by atoms with Crippen LogP contribution in [0.1, 0.15) is 24.2 Å². The second-order valence-electron chi connectivity index (χ2n) is 4.19. The van der Waals surface area contributed by atoms with Gasteiger partial charge in [0.1, 0.15) is 5.15 Å². The highest BCUT2D eigenvalue weighted by molar-refractivity contribution is 6.32. The molecule has 100 valence electrons. The Balaban J connectivity index is 2.98. The van der Waals surface area contributed by atoms with E-state index in [1.165, 1.54) is 6.20 Å². The predicted molar refractivity (Wildman–Crippen MR) is 71.7 cm³/mol. The molecule has 18 heavy (non-hydrogen) atoms. The van der Waals surface area contributed by atoms with Gasteiger partial charge in [0.25, 0.3) is 5.91 Å². The van der Waals surface area contributed by atoms with Crippen LogP contribution in [-0.4, -0.2) is 42.1 Å². The molecule has 0 radical (unpaired) electrons. The minimum Gasteiger partial charge on any atom is -0.397 e. The number of methoxy groups -OCH3 is 1. The molecule has 0 bridgehead atoms. The lowest BCUT2D eigenvalue weighted by Crippen LogP contribution is -2.39. The summed E-state index contributed by atoms with van der Waals surface area (Å²) < 4.78 is 5.00. The number of nitrogens with zero attached hydrogens (tertiary/aromatic N) is 2. The Labute approximate surface area is 112 Å². The highest BCUT2D eigenvalue weighted by Crippen LogP contribution is 2.18. The third-order valence-electron chi connectivity index (χ3n) is 2.51. The molecule has 0 aromatic carbocycles. The lowest BCUT2D eigenvalue weighted by molar-refractivity contribution is 0.0635. The first-order valence-corrected chi connectivity index (χ1v) is 6.06. The zero-order chi connectivity index (χ0) is 13.7. The van der Waals surface area contributed by atoms with E-state index >= 15 is 0 Å². The van der Waals surface area contributed by atoms with Crippen molar-refractivity contribution >= 4 is 23.2 Å². The Bertz CT molecular complexity index is 424. The molecule has 0 spiro atoms. The second kappa shape index (κ2) is 6.56. The molecule has 0 aliphatic heterocycles. The van der Waals surface area contributed by atoms with E-state index in [1.54, 1.807) is 18.1 Å². The van der Waals surface area contributed by atoms with Crippen molar-refractivity contribution in [3.05, 3.63) is 23.0 Å². The fourth-order valence-corrected chi connectivity index (χ4v) is 1.74. The molecule has 0 unspecified atom stereocenters. The van der Waals surface area contributed by atoms with E-state index in [0.717, 1.165) is 0 Å². The van der Waals surface area contributed by atoms with Gasteiger partial charge >= 0.3 is 0 Å². The summed E-state index contributed by atoms with van der Waals surface area (Å²) in [4.78, 5) is 17.9. The van der Waals surface area contributed by atoms with E-state index < -0.39 is 0 Å². The van der Waals surface area contributed by atoms with Gasteiger partial charge in [-0.15, -0.1) is 0 Å². The average molecular weight is 272 g/mol. The number of halogens is 1. The van der Waals surface area contributed by atoms with Crippen molar-refractivity contribution in [2.75, 3.05) is 26.0 Å². The second-order valence-corrected chi connectivity index (χ2v) is 4.55. The summed E-state index contributed by atoms with van der Waals surface area (Å²) >= 11 is 5.93. The largest absolute Gasteiger partial charge is 0.397 e. The molecule has 0 saturated carbocycles. The van der Waals surface area contributed by atoms with E-state index in [4.69, 9.17) is 22.1 Å². The number of hydrogen-bond donors (Lipinski definition) is 1. The molecule has 0 aliphatic carbocycles. The van der Waals surface area contributed by atoms with Crippen LogP contribution in [0, 0.1) is 0 Å². The average Bonchev–Trinajstić information content (AvgIpc) is 2.32. The zero-order valence-electron chi connectivity index (χ0n) is 10.8. The normalized spacial score (nSPS) is 10.7. The first-order chi connectivity index (χ1) is 8.47. The molecular weight excluding hydrogens is 254 g/mol. The number of amides is 1. The van der Waals surface area contributed by atoms with Gasteiger partial charge in [-0.25, -0.2) is 4.98 Å². The summed E-state index contributed by atoms with van der Waals surface area (Å²) in [6, 6.07) is 1.59. The first kappa shape index (κ1) is 14.7. The van der Waals surface area contributed by atoms with Crippen molar-refractivity contribution in [1.29, 1.82) is 0 Å². The summed E-state index contributed by atoms with van der Waals surface area (Å²) in [7, 11) is 1.60. The number of nitrogen functional groups attached to an aromatic ring is 1. The van der Waals surface area contributed by atoms with Crippen LogP contribution < -0.4 is 5.73 Å². The minimum absolute atomic E-state index is 0.0464. The van der Waals surface area contributed by atoms with Crippen LogP contribution >= 0.6 is 11.6 Å². The van der Waals surface area contributed by atoms with Gasteiger partial charge in [-0.05, 0) is 19.9 Å². The summed E-state index contributed by atoms with van der Waals surface area (Å²) in [5, 5.41) is 0.164. The van der Waals surface area contributed by atoms with Gasteiger partial charge in [0.15, 0.2) is 0 Å². The van der Waals surface area contributed by atoms with Gasteiger partial charge in [0, 0.05) is 19.7 Å². The molecule has 0 saturated heterocycles. The number of carbonyl (C=O) groups excluding carboxylic acids is 1. The summed E-state index contributed by atoms with van der Waals surface area (Å²) in [5.41, 5.74) is 6.36. The predicted octanol–water partition coefficient (Wildman–Crippen LogP) is 1.81. The van der Waals surface area contributed by atoms with Crippen LogP contribution in [0.15, 0.2) is 12.3 Å². The lowest BCUT2D eigenvalue weighted by Gasteiger charge is -2.26. The van der Waals surface area contributed by atoms with Crippen LogP contribution in [0.25, 0.3) is 0 Å². The van der Waals surface area contributed by atoms with Gasteiger partial charge in [-0.3, -0.25) is 4.79 Å². The summed E-state index contributed by atoms with van der Waals surface area (Å²) in [5.74, 6) is -0.188. The topological polar surface area (TPSA) is 68.5 Å². The van der Waals surface area contributed by atoms with Crippen molar-refractivity contribution in [3.63, 3.8) is 0 Å². The van der Waals surface area contributed by atoms with E-state index in [2.05, 4.69) is 4.98 Å². The number of anilines is 1. The third kappa shape index (κ3) is 3.58. The van der Waals surface area contributed by atoms with Crippen molar-refractivity contribution in [3.8, 4) is 0 Å². The fraction of sp³-hybridized carbons (Fsp3) is 0.500. The number of ether oxygens (including phenoxy) is 1. The smallest absolute Gasteiger partial charge is 0.257 e. The Morgan fingerprint density at radius 2 is 2.28 bits per heavy atom. The van der Waals surface area contributed by atoms with Gasteiger partial charge < -0.3 is 15.4 Å². The molecule has 2 N–H and O–H groups in total. The van der Waals surface area contributed by atoms with Crippen molar-refractivity contribution in [2.45, 2.75) is 19.9 Å². The molecule has 5 nitrogen and oxygen atoms in total. The lowest BCUT2D eigenvalue weighted by atomic mass is 10.2. The monoisotopic (exact) mass is 271 g/mol. The summed E-state index contributed by atoms with van der Waals surface area (Å²) in [6.07, 6.45) is 1.42. The number of hydrogen-bond acceptors (Lipinski definition) is 4. The van der Waals surface area contributed by atoms with E-state index in [1.807, 2.05) is 13.8 Å². The number of rotatable bonds is 5. The number of pyridine rings is 1. The van der Waals surface area contributed by atoms with Crippen LogP contribution in [0.4, 0.5) is 5.69 Å². The maximum atomic E-state index is 12.4. The van der Waals surface area contributed by atoms with E-state index in [-0.39, 0.29) is 17.1 Å². The highest BCUT2D eigenvalue weighted by Gasteiger charge is 2.21. The van der Waals surface area contributed by atoms with E-state index in [0.29, 0.717) is 24.4 Å². The summed E-state index contributed by atoms with van der Waals surface area (Å²) in [6.45, 7) is 4.83. The van der Waals surface area contributed by atoms with Crippen LogP contribution in [0.3, 0.4) is 0 Å². The fourth-order valence-electron chi connectivity index (χ4n) is 1.55. The van der Waals surface area contributed by atoms with Crippen molar-refractivity contribution in [2.24, 2.45) is 0 Å². The van der Waals surface area contributed by atoms with E-state index in [9.17, 15) is 4.79 Å². The number of carbonyl (C=O) groups is 1. The molecule has 0 fully saturated rings. The quantitative estimate of drug-likeness (QED) is 0.830. The first-order valence-electron chi connectivity index (χ1n) is 5.68. The Morgan fingerprint density at radius 3 is 2.83 bits per heavy atom. The van der Waals surface area contributed by atoms with Crippen LogP contribution in [-0.2, 0) is 4.74 Å². The number of aromatic nitrogens is 1. The third-order valence-corrected chi connectivity index (χ3v) is 2.81. The number of nitrogens with two attached hydrogens (primary N) is 1. The Morgan fingerprint density at radius 1 is 1.61 bits per heavy atom. The molecule has 1 rings (SSSR count). The van der Waals surface area contributed by atoms with Crippen molar-refractivity contribution in [1.82, 2.24) is 9.88 Å². The maximum absolute atomic E-state index is 12.4. The van der Waals surface area contributed by atoms with Gasteiger partial charge in [-0.2, -0.15) is 0 Å². The maximum Gasteiger partial charge on any atom is 0.257 e. The molecule has 0 aliphatic rings.